The van der Waals surface area contributed by atoms with Gasteiger partial charge in [-0.25, -0.2) is 4.98 Å². The number of halogens is 2. The largest absolute Gasteiger partial charge is 0.369 e. The van der Waals surface area contributed by atoms with E-state index in [0.29, 0.717) is 16.0 Å². The van der Waals surface area contributed by atoms with Crippen molar-refractivity contribution in [3.63, 3.8) is 0 Å². The average Bonchev–Trinajstić information content (AvgIpc) is 2.36. The molecule has 1 aliphatic heterocycles. The number of nitrogens with zero attached hydrogens (tertiary/aromatic N) is 2. The molecule has 2 unspecified atom stereocenters. The van der Waals surface area contributed by atoms with Crippen molar-refractivity contribution in [3.8, 4) is 0 Å². The fourth-order valence-corrected chi connectivity index (χ4v) is 2.97. The summed E-state index contributed by atoms with van der Waals surface area (Å²) in [7, 11) is 0. The number of rotatable bonds is 3. The van der Waals surface area contributed by atoms with Crippen LogP contribution in [-0.4, -0.2) is 24.6 Å². The molecule has 0 spiro atoms. The molecule has 2 heterocycles. The number of pyridine rings is 1. The zero-order valence-corrected chi connectivity index (χ0v) is 13.2. The maximum Gasteiger partial charge on any atom is 0.149 e. The van der Waals surface area contributed by atoms with Gasteiger partial charge in [0, 0.05) is 19.6 Å². The third-order valence-corrected chi connectivity index (χ3v) is 4.46. The number of aromatic nitrogens is 1. The Labute approximate surface area is 125 Å². The number of nitrogens with one attached hydrogen (secondary N) is 1. The van der Waals surface area contributed by atoms with Crippen molar-refractivity contribution >= 4 is 34.8 Å². The van der Waals surface area contributed by atoms with Gasteiger partial charge in [-0.15, -0.1) is 0 Å². The van der Waals surface area contributed by atoms with E-state index in [-0.39, 0.29) is 0 Å². The van der Waals surface area contributed by atoms with Crippen molar-refractivity contribution in [3.05, 3.63) is 16.1 Å². The first-order valence-electron chi connectivity index (χ1n) is 6.87. The van der Waals surface area contributed by atoms with Crippen LogP contribution in [0, 0.1) is 11.8 Å². The van der Waals surface area contributed by atoms with Gasteiger partial charge >= 0.3 is 0 Å². The van der Waals surface area contributed by atoms with Gasteiger partial charge in [0.05, 0.1) is 10.0 Å². The Hall–Kier alpha value is -0.670. The van der Waals surface area contributed by atoms with Crippen LogP contribution >= 0.6 is 23.2 Å². The molecule has 0 bridgehead atoms. The maximum atomic E-state index is 6.30. The highest BCUT2D eigenvalue weighted by molar-refractivity contribution is 6.37. The molecular weight excluding hydrogens is 281 g/mol. The Bertz CT molecular complexity index is 451. The Morgan fingerprint density at radius 3 is 2.68 bits per heavy atom. The molecule has 0 saturated carbocycles. The van der Waals surface area contributed by atoms with Gasteiger partial charge in [-0.2, -0.15) is 0 Å². The van der Waals surface area contributed by atoms with Crippen LogP contribution in [0.3, 0.4) is 0 Å². The van der Waals surface area contributed by atoms with Crippen LogP contribution in [-0.2, 0) is 0 Å². The molecule has 1 aliphatic rings. The van der Waals surface area contributed by atoms with E-state index in [2.05, 4.69) is 29.0 Å². The zero-order valence-electron chi connectivity index (χ0n) is 11.7. The van der Waals surface area contributed by atoms with Crippen LogP contribution in [0.5, 0.6) is 0 Å². The maximum absolute atomic E-state index is 6.30. The predicted molar refractivity (Wildman–Crippen MR) is 83.6 cm³/mol. The van der Waals surface area contributed by atoms with Gasteiger partial charge in [-0.1, -0.05) is 37.0 Å². The molecule has 0 radical (unpaired) electrons. The smallest absolute Gasteiger partial charge is 0.149 e. The lowest BCUT2D eigenvalue weighted by Crippen LogP contribution is -2.39. The minimum Gasteiger partial charge on any atom is -0.369 e. The summed E-state index contributed by atoms with van der Waals surface area (Å²) in [5.74, 6) is 2.98. The summed E-state index contributed by atoms with van der Waals surface area (Å²) >= 11 is 12.4. The molecule has 1 N–H and O–H groups in total. The van der Waals surface area contributed by atoms with E-state index in [4.69, 9.17) is 23.2 Å². The molecule has 0 aromatic carbocycles. The van der Waals surface area contributed by atoms with Crippen molar-refractivity contribution in [2.75, 3.05) is 29.9 Å². The SMILES string of the molecule is CCNc1nc(N2CCC(C)C(C)C2)c(Cl)cc1Cl. The first-order chi connectivity index (χ1) is 9.02. The summed E-state index contributed by atoms with van der Waals surface area (Å²) in [6, 6.07) is 1.78. The molecule has 2 rings (SSSR count). The van der Waals surface area contributed by atoms with Gasteiger partial charge in [0.1, 0.15) is 11.6 Å². The summed E-state index contributed by atoms with van der Waals surface area (Å²) in [5, 5.41) is 4.38. The first-order valence-corrected chi connectivity index (χ1v) is 7.63. The van der Waals surface area contributed by atoms with Gasteiger partial charge in [-0.05, 0) is 31.2 Å². The van der Waals surface area contributed by atoms with E-state index in [9.17, 15) is 0 Å². The quantitative estimate of drug-likeness (QED) is 0.902. The lowest BCUT2D eigenvalue weighted by molar-refractivity contribution is 0.323. The molecular formula is C14H21Cl2N3. The highest BCUT2D eigenvalue weighted by Gasteiger charge is 2.25. The Kier molecular flexibility index (Phi) is 4.80. The molecule has 106 valence electrons. The van der Waals surface area contributed by atoms with Crippen LogP contribution in [0.15, 0.2) is 6.07 Å². The minimum absolute atomic E-state index is 0.578. The summed E-state index contributed by atoms with van der Waals surface area (Å²) < 4.78 is 0. The van der Waals surface area contributed by atoms with Crippen molar-refractivity contribution in [1.82, 2.24) is 4.98 Å². The van der Waals surface area contributed by atoms with Gasteiger partial charge in [-0.3, -0.25) is 0 Å². The summed E-state index contributed by atoms with van der Waals surface area (Å²) in [6.07, 6.45) is 1.18. The summed E-state index contributed by atoms with van der Waals surface area (Å²) in [4.78, 5) is 6.86. The van der Waals surface area contributed by atoms with Crippen molar-refractivity contribution in [1.29, 1.82) is 0 Å². The number of hydrogen-bond donors (Lipinski definition) is 1. The first kappa shape index (κ1) is 14.7. The fraction of sp³-hybridized carbons (Fsp3) is 0.643. The van der Waals surface area contributed by atoms with E-state index in [1.165, 1.54) is 6.42 Å². The molecule has 1 fully saturated rings. The van der Waals surface area contributed by atoms with Crippen LogP contribution in [0.25, 0.3) is 0 Å². The van der Waals surface area contributed by atoms with Crippen LogP contribution in [0.4, 0.5) is 11.6 Å². The molecule has 1 aromatic rings. The molecule has 0 amide bonds. The van der Waals surface area contributed by atoms with Gasteiger partial charge in [0.2, 0.25) is 0 Å². The van der Waals surface area contributed by atoms with E-state index < -0.39 is 0 Å². The molecule has 19 heavy (non-hydrogen) atoms. The highest BCUT2D eigenvalue weighted by Crippen LogP contribution is 2.34. The topological polar surface area (TPSA) is 28.2 Å². The zero-order chi connectivity index (χ0) is 14.0. The number of hydrogen-bond acceptors (Lipinski definition) is 3. The molecule has 0 aliphatic carbocycles. The fourth-order valence-electron chi connectivity index (χ4n) is 2.43. The third-order valence-electron chi connectivity index (χ3n) is 3.89. The lowest BCUT2D eigenvalue weighted by Gasteiger charge is -2.36. The second kappa shape index (κ2) is 6.19. The van der Waals surface area contributed by atoms with E-state index in [1.54, 1.807) is 6.07 Å². The third kappa shape index (κ3) is 3.26. The standard InChI is InChI=1S/C14H21Cl2N3/c1-4-17-13-11(15)7-12(16)14(18-13)19-6-5-9(2)10(3)8-19/h7,9-10H,4-6,8H2,1-3H3,(H,17,18). The number of piperidine rings is 1. The Balaban J connectivity index is 2.26. The number of anilines is 2. The second-order valence-electron chi connectivity index (χ2n) is 5.34. The van der Waals surface area contributed by atoms with E-state index in [1.807, 2.05) is 6.92 Å². The molecule has 3 nitrogen and oxygen atoms in total. The van der Waals surface area contributed by atoms with E-state index in [0.717, 1.165) is 37.2 Å². The Morgan fingerprint density at radius 1 is 1.32 bits per heavy atom. The minimum atomic E-state index is 0.578. The molecule has 5 heteroatoms. The van der Waals surface area contributed by atoms with Crippen LogP contribution in [0.1, 0.15) is 27.2 Å². The van der Waals surface area contributed by atoms with Crippen molar-refractivity contribution < 1.29 is 0 Å². The predicted octanol–water partition coefficient (Wildman–Crippen LogP) is 4.30. The monoisotopic (exact) mass is 301 g/mol. The van der Waals surface area contributed by atoms with Crippen molar-refractivity contribution in [2.24, 2.45) is 11.8 Å². The summed E-state index contributed by atoms with van der Waals surface area (Å²) in [5.41, 5.74) is 0. The average molecular weight is 302 g/mol. The van der Waals surface area contributed by atoms with E-state index >= 15 is 0 Å². The normalized spacial score (nSPS) is 23.5. The Morgan fingerprint density at radius 2 is 2.05 bits per heavy atom. The molecule has 2 atom stereocenters. The van der Waals surface area contributed by atoms with Crippen LogP contribution in [0.2, 0.25) is 10.0 Å². The van der Waals surface area contributed by atoms with Gasteiger partial charge in [0.15, 0.2) is 0 Å². The highest BCUT2D eigenvalue weighted by atomic mass is 35.5. The second-order valence-corrected chi connectivity index (χ2v) is 6.16. The van der Waals surface area contributed by atoms with Gasteiger partial charge < -0.3 is 10.2 Å². The summed E-state index contributed by atoms with van der Waals surface area (Å²) in [6.45, 7) is 9.42. The van der Waals surface area contributed by atoms with Crippen LogP contribution < -0.4 is 10.2 Å². The molecule has 1 saturated heterocycles. The molecule has 1 aromatic heterocycles. The van der Waals surface area contributed by atoms with Gasteiger partial charge in [0.25, 0.3) is 0 Å². The lowest BCUT2D eigenvalue weighted by atomic mass is 9.89. The van der Waals surface area contributed by atoms with Crippen molar-refractivity contribution in [2.45, 2.75) is 27.2 Å².